The topological polar surface area (TPSA) is 60.1 Å². The van der Waals surface area contributed by atoms with Crippen molar-refractivity contribution in [1.82, 2.24) is 9.88 Å². The van der Waals surface area contributed by atoms with Crippen LogP contribution in [0.3, 0.4) is 0 Å². The van der Waals surface area contributed by atoms with Gasteiger partial charge in [0.1, 0.15) is 6.54 Å². The number of carbonyl (C=O) groups is 1. The normalized spacial score (nSPS) is 11.9. The summed E-state index contributed by atoms with van der Waals surface area (Å²) < 4.78 is 1.91. The monoisotopic (exact) mass is 259 g/mol. The standard InChI is InChI=1S/C15H21N3O/c1-15(2,3)17-9-12-6-4-5-11-7-8-18(14(11)12)10-13(16)19/h4-8,17H,9-10H2,1-3H3,(H2,16,19). The molecule has 0 aliphatic carbocycles. The molecule has 19 heavy (non-hydrogen) atoms. The molecule has 0 unspecified atom stereocenters. The molecular weight excluding hydrogens is 238 g/mol. The van der Waals surface area contributed by atoms with Gasteiger partial charge in [0, 0.05) is 18.3 Å². The molecule has 0 saturated carbocycles. The number of rotatable bonds is 4. The number of fused-ring (bicyclic) bond motifs is 1. The number of aromatic nitrogens is 1. The third-order valence-electron chi connectivity index (χ3n) is 3.01. The van der Waals surface area contributed by atoms with Gasteiger partial charge in [0.2, 0.25) is 5.91 Å². The molecule has 1 aromatic carbocycles. The third-order valence-corrected chi connectivity index (χ3v) is 3.01. The van der Waals surface area contributed by atoms with Gasteiger partial charge < -0.3 is 15.6 Å². The van der Waals surface area contributed by atoms with Crippen molar-refractivity contribution in [3.8, 4) is 0 Å². The van der Waals surface area contributed by atoms with Gasteiger partial charge in [0.15, 0.2) is 0 Å². The van der Waals surface area contributed by atoms with Crippen LogP contribution in [0.5, 0.6) is 0 Å². The van der Waals surface area contributed by atoms with E-state index >= 15 is 0 Å². The second-order valence-corrected chi connectivity index (χ2v) is 5.87. The fourth-order valence-electron chi connectivity index (χ4n) is 2.14. The van der Waals surface area contributed by atoms with E-state index < -0.39 is 0 Å². The quantitative estimate of drug-likeness (QED) is 0.882. The van der Waals surface area contributed by atoms with Gasteiger partial charge in [-0.05, 0) is 37.8 Å². The van der Waals surface area contributed by atoms with Gasteiger partial charge in [-0.15, -0.1) is 0 Å². The summed E-state index contributed by atoms with van der Waals surface area (Å²) in [4.78, 5) is 11.1. The number of para-hydroxylation sites is 1. The highest BCUT2D eigenvalue weighted by Gasteiger charge is 2.12. The Hall–Kier alpha value is -1.81. The molecule has 2 rings (SSSR count). The second kappa shape index (κ2) is 5.05. The van der Waals surface area contributed by atoms with Crippen LogP contribution in [0.2, 0.25) is 0 Å². The highest BCUT2D eigenvalue weighted by atomic mass is 16.1. The van der Waals surface area contributed by atoms with E-state index in [0.29, 0.717) is 0 Å². The van der Waals surface area contributed by atoms with Crippen molar-refractivity contribution >= 4 is 16.8 Å². The van der Waals surface area contributed by atoms with Gasteiger partial charge in [0.25, 0.3) is 0 Å². The Morgan fingerprint density at radius 1 is 1.32 bits per heavy atom. The zero-order valence-electron chi connectivity index (χ0n) is 11.7. The van der Waals surface area contributed by atoms with E-state index in [2.05, 4.69) is 32.2 Å². The number of nitrogens with zero attached hydrogens (tertiary/aromatic N) is 1. The Morgan fingerprint density at radius 3 is 2.68 bits per heavy atom. The Balaban J connectivity index is 2.37. The van der Waals surface area contributed by atoms with Crippen LogP contribution in [0.25, 0.3) is 10.9 Å². The molecule has 0 atom stereocenters. The van der Waals surface area contributed by atoms with Crippen LogP contribution >= 0.6 is 0 Å². The van der Waals surface area contributed by atoms with Gasteiger partial charge >= 0.3 is 0 Å². The molecule has 4 heteroatoms. The Morgan fingerprint density at radius 2 is 2.05 bits per heavy atom. The number of primary amides is 1. The molecule has 0 fully saturated rings. The molecule has 1 aromatic heterocycles. The van der Waals surface area contributed by atoms with Crippen LogP contribution in [0.4, 0.5) is 0 Å². The SMILES string of the molecule is CC(C)(C)NCc1cccc2ccn(CC(N)=O)c12. The minimum atomic E-state index is -0.323. The van der Waals surface area contributed by atoms with E-state index in [1.165, 1.54) is 5.56 Å². The minimum Gasteiger partial charge on any atom is -0.368 e. The molecule has 3 N–H and O–H groups in total. The first-order valence-corrected chi connectivity index (χ1v) is 6.47. The highest BCUT2D eigenvalue weighted by Crippen LogP contribution is 2.21. The zero-order chi connectivity index (χ0) is 14.0. The largest absolute Gasteiger partial charge is 0.368 e. The van der Waals surface area contributed by atoms with Crippen LogP contribution < -0.4 is 11.1 Å². The van der Waals surface area contributed by atoms with Crippen LogP contribution in [0.1, 0.15) is 26.3 Å². The number of amides is 1. The summed E-state index contributed by atoms with van der Waals surface area (Å²) in [5.74, 6) is -0.323. The minimum absolute atomic E-state index is 0.0588. The maximum Gasteiger partial charge on any atom is 0.237 e. The number of nitrogens with two attached hydrogens (primary N) is 1. The number of nitrogens with one attached hydrogen (secondary N) is 1. The molecule has 1 heterocycles. The molecule has 0 aliphatic heterocycles. The Labute approximate surface area is 113 Å². The van der Waals surface area contributed by atoms with Crippen LogP contribution in [0, 0.1) is 0 Å². The first kappa shape index (κ1) is 13.6. The third kappa shape index (κ3) is 3.35. The molecule has 0 saturated heterocycles. The Bertz CT molecular complexity index is 593. The summed E-state index contributed by atoms with van der Waals surface area (Å²) in [5.41, 5.74) is 7.61. The smallest absolute Gasteiger partial charge is 0.237 e. The average molecular weight is 259 g/mol. The fourth-order valence-corrected chi connectivity index (χ4v) is 2.14. The van der Waals surface area contributed by atoms with Crippen LogP contribution in [0.15, 0.2) is 30.5 Å². The lowest BCUT2D eigenvalue weighted by molar-refractivity contribution is -0.118. The van der Waals surface area contributed by atoms with Crippen molar-refractivity contribution in [3.05, 3.63) is 36.0 Å². The van der Waals surface area contributed by atoms with Crippen LogP contribution in [-0.2, 0) is 17.9 Å². The molecule has 4 nitrogen and oxygen atoms in total. The van der Waals surface area contributed by atoms with Gasteiger partial charge in [-0.1, -0.05) is 18.2 Å². The summed E-state index contributed by atoms with van der Waals surface area (Å²) in [6, 6.07) is 8.18. The maximum absolute atomic E-state index is 11.1. The summed E-state index contributed by atoms with van der Waals surface area (Å²) in [7, 11) is 0. The predicted octanol–water partition coefficient (Wildman–Crippen LogP) is 2.01. The molecule has 2 aromatic rings. The number of hydrogen-bond donors (Lipinski definition) is 2. The van der Waals surface area contributed by atoms with Crippen LogP contribution in [-0.4, -0.2) is 16.0 Å². The first-order valence-electron chi connectivity index (χ1n) is 6.47. The molecule has 102 valence electrons. The van der Waals surface area contributed by atoms with Crippen molar-refractivity contribution in [3.63, 3.8) is 0 Å². The zero-order valence-corrected chi connectivity index (χ0v) is 11.7. The first-order chi connectivity index (χ1) is 8.87. The molecule has 0 aliphatic rings. The number of hydrogen-bond acceptors (Lipinski definition) is 2. The average Bonchev–Trinajstić information content (AvgIpc) is 2.69. The van der Waals surface area contributed by atoms with E-state index in [9.17, 15) is 4.79 Å². The van der Waals surface area contributed by atoms with Gasteiger partial charge in [0.05, 0.1) is 5.52 Å². The molecule has 1 amide bonds. The number of benzene rings is 1. The predicted molar refractivity (Wildman–Crippen MR) is 77.7 cm³/mol. The van der Waals surface area contributed by atoms with E-state index in [0.717, 1.165) is 17.4 Å². The van der Waals surface area contributed by atoms with E-state index in [4.69, 9.17) is 5.73 Å². The van der Waals surface area contributed by atoms with E-state index in [-0.39, 0.29) is 18.0 Å². The lowest BCUT2D eigenvalue weighted by Gasteiger charge is -2.21. The molecule has 0 radical (unpaired) electrons. The Kier molecular flexibility index (Phi) is 3.62. The molecular formula is C15H21N3O. The summed E-state index contributed by atoms with van der Waals surface area (Å²) >= 11 is 0. The summed E-state index contributed by atoms with van der Waals surface area (Å²) in [6.07, 6.45) is 1.91. The maximum atomic E-state index is 11.1. The van der Waals surface area contributed by atoms with Gasteiger partial charge in [-0.3, -0.25) is 4.79 Å². The van der Waals surface area contributed by atoms with Gasteiger partial charge in [-0.2, -0.15) is 0 Å². The highest BCUT2D eigenvalue weighted by molar-refractivity contribution is 5.85. The second-order valence-electron chi connectivity index (χ2n) is 5.87. The fraction of sp³-hybridized carbons (Fsp3) is 0.400. The van der Waals surface area contributed by atoms with E-state index in [1.54, 1.807) is 0 Å². The van der Waals surface area contributed by atoms with Crippen molar-refractivity contribution in [2.45, 2.75) is 39.4 Å². The van der Waals surface area contributed by atoms with Gasteiger partial charge in [-0.25, -0.2) is 0 Å². The summed E-state index contributed by atoms with van der Waals surface area (Å²) in [6.45, 7) is 7.39. The van der Waals surface area contributed by atoms with Crippen molar-refractivity contribution < 1.29 is 4.79 Å². The lowest BCUT2D eigenvalue weighted by atomic mass is 10.1. The van der Waals surface area contributed by atoms with Crippen molar-refractivity contribution in [2.75, 3.05) is 0 Å². The van der Waals surface area contributed by atoms with E-state index in [1.807, 2.05) is 29.0 Å². The van der Waals surface area contributed by atoms with Crippen molar-refractivity contribution in [2.24, 2.45) is 5.73 Å². The number of carbonyl (C=O) groups excluding carboxylic acids is 1. The molecule has 0 bridgehead atoms. The lowest BCUT2D eigenvalue weighted by Crippen LogP contribution is -2.35. The summed E-state index contributed by atoms with van der Waals surface area (Å²) in [5, 5.41) is 4.60. The molecule has 0 spiro atoms. The van der Waals surface area contributed by atoms with Crippen molar-refractivity contribution in [1.29, 1.82) is 0 Å².